The Bertz CT molecular complexity index is 387. The highest BCUT2D eigenvalue weighted by molar-refractivity contribution is 9.10. The average molecular weight is 297 g/mol. The Kier molecular flexibility index (Phi) is 4.18. The van der Waals surface area contributed by atoms with Gasteiger partial charge in [-0.2, -0.15) is 0 Å². The van der Waals surface area contributed by atoms with Gasteiger partial charge in [0.05, 0.1) is 5.92 Å². The molecule has 0 heterocycles. The van der Waals surface area contributed by atoms with Crippen LogP contribution in [0.15, 0.2) is 28.7 Å². The predicted octanol–water partition coefficient (Wildman–Crippen LogP) is 2.02. The van der Waals surface area contributed by atoms with Crippen LogP contribution in [0.4, 0.5) is 0 Å². The SMILES string of the molecule is NC(=O)[C@H](CNCC1CC1)c1ccc(Br)cc1. The van der Waals surface area contributed by atoms with Gasteiger partial charge in [0.1, 0.15) is 0 Å². The van der Waals surface area contributed by atoms with E-state index >= 15 is 0 Å². The average Bonchev–Trinajstić information content (AvgIpc) is 3.09. The van der Waals surface area contributed by atoms with Crippen LogP contribution in [-0.2, 0) is 4.79 Å². The fraction of sp³-hybridized carbons (Fsp3) is 0.462. The first-order chi connectivity index (χ1) is 8.16. The molecular weight excluding hydrogens is 280 g/mol. The van der Waals surface area contributed by atoms with Crippen LogP contribution in [0.25, 0.3) is 0 Å². The second-order valence-corrected chi connectivity index (χ2v) is 5.52. The first-order valence-electron chi connectivity index (χ1n) is 5.92. The molecule has 0 spiro atoms. The summed E-state index contributed by atoms with van der Waals surface area (Å²) in [6.07, 6.45) is 2.62. The molecule has 1 aliphatic rings. The first-order valence-corrected chi connectivity index (χ1v) is 6.71. The molecule has 0 bridgehead atoms. The van der Waals surface area contributed by atoms with E-state index in [1.807, 2.05) is 24.3 Å². The minimum absolute atomic E-state index is 0.234. The molecule has 1 aromatic rings. The largest absolute Gasteiger partial charge is 0.369 e. The van der Waals surface area contributed by atoms with Crippen molar-refractivity contribution >= 4 is 21.8 Å². The number of hydrogen-bond donors (Lipinski definition) is 2. The summed E-state index contributed by atoms with van der Waals surface area (Å²) in [5.74, 6) is 0.311. The number of benzene rings is 1. The van der Waals surface area contributed by atoms with Crippen LogP contribution in [0.3, 0.4) is 0 Å². The van der Waals surface area contributed by atoms with Gasteiger partial charge in [-0.1, -0.05) is 28.1 Å². The number of amides is 1. The summed E-state index contributed by atoms with van der Waals surface area (Å²) in [6.45, 7) is 1.63. The summed E-state index contributed by atoms with van der Waals surface area (Å²) < 4.78 is 1.01. The summed E-state index contributed by atoms with van der Waals surface area (Å²) in [4.78, 5) is 11.4. The number of rotatable bonds is 6. The van der Waals surface area contributed by atoms with Crippen molar-refractivity contribution in [2.45, 2.75) is 18.8 Å². The molecular formula is C13H17BrN2O. The van der Waals surface area contributed by atoms with Crippen molar-refractivity contribution in [3.8, 4) is 0 Å². The van der Waals surface area contributed by atoms with E-state index in [1.54, 1.807) is 0 Å². The molecule has 0 radical (unpaired) electrons. The molecule has 0 aromatic heterocycles. The van der Waals surface area contributed by atoms with E-state index in [-0.39, 0.29) is 11.8 Å². The molecule has 0 saturated heterocycles. The highest BCUT2D eigenvalue weighted by Gasteiger charge is 2.22. The second-order valence-electron chi connectivity index (χ2n) is 4.61. The van der Waals surface area contributed by atoms with Crippen LogP contribution in [0.5, 0.6) is 0 Å². The lowest BCUT2D eigenvalue weighted by Gasteiger charge is -2.14. The molecule has 92 valence electrons. The van der Waals surface area contributed by atoms with Crippen LogP contribution in [0.1, 0.15) is 24.3 Å². The molecule has 1 atom stereocenters. The third-order valence-corrected chi connectivity index (χ3v) is 3.62. The van der Waals surface area contributed by atoms with E-state index in [2.05, 4.69) is 21.2 Å². The van der Waals surface area contributed by atoms with E-state index in [1.165, 1.54) is 12.8 Å². The van der Waals surface area contributed by atoms with Crippen molar-refractivity contribution in [3.05, 3.63) is 34.3 Å². The maximum atomic E-state index is 11.4. The number of nitrogens with one attached hydrogen (secondary N) is 1. The maximum Gasteiger partial charge on any atom is 0.226 e. The number of hydrogen-bond acceptors (Lipinski definition) is 2. The van der Waals surface area contributed by atoms with E-state index < -0.39 is 0 Å². The molecule has 1 amide bonds. The van der Waals surface area contributed by atoms with Gasteiger partial charge in [-0.3, -0.25) is 4.79 Å². The Morgan fingerprint density at radius 2 is 2.06 bits per heavy atom. The van der Waals surface area contributed by atoms with Gasteiger partial charge in [0.15, 0.2) is 0 Å². The fourth-order valence-electron chi connectivity index (χ4n) is 1.83. The van der Waals surface area contributed by atoms with Gasteiger partial charge in [0.2, 0.25) is 5.91 Å². The van der Waals surface area contributed by atoms with Gasteiger partial charge >= 0.3 is 0 Å². The molecule has 17 heavy (non-hydrogen) atoms. The Labute approximate surface area is 110 Å². The van der Waals surface area contributed by atoms with E-state index in [0.717, 1.165) is 22.5 Å². The van der Waals surface area contributed by atoms with E-state index in [9.17, 15) is 4.79 Å². The smallest absolute Gasteiger partial charge is 0.226 e. The molecule has 3 nitrogen and oxygen atoms in total. The molecule has 1 saturated carbocycles. The lowest BCUT2D eigenvalue weighted by Crippen LogP contribution is -2.32. The summed E-state index contributed by atoms with van der Waals surface area (Å²) >= 11 is 3.38. The molecule has 2 rings (SSSR count). The van der Waals surface area contributed by atoms with Crippen LogP contribution >= 0.6 is 15.9 Å². The Hall–Kier alpha value is -0.870. The zero-order valence-electron chi connectivity index (χ0n) is 9.66. The van der Waals surface area contributed by atoms with Crippen LogP contribution in [0.2, 0.25) is 0 Å². The molecule has 3 N–H and O–H groups in total. The highest BCUT2D eigenvalue weighted by Crippen LogP contribution is 2.27. The normalized spacial score (nSPS) is 16.8. The van der Waals surface area contributed by atoms with Crippen molar-refractivity contribution in [2.24, 2.45) is 11.7 Å². The van der Waals surface area contributed by atoms with Crippen molar-refractivity contribution in [1.29, 1.82) is 0 Å². The Balaban J connectivity index is 1.95. The minimum atomic E-state index is -0.268. The predicted molar refractivity (Wildman–Crippen MR) is 71.7 cm³/mol. The quantitative estimate of drug-likeness (QED) is 0.844. The standard InChI is InChI=1S/C13H17BrN2O/c14-11-5-3-10(4-6-11)12(13(15)17)8-16-7-9-1-2-9/h3-6,9,12,16H,1-2,7-8H2,(H2,15,17)/t12-/m1/s1. The van der Waals surface area contributed by atoms with Crippen LogP contribution in [0, 0.1) is 5.92 Å². The van der Waals surface area contributed by atoms with Gasteiger partial charge < -0.3 is 11.1 Å². The van der Waals surface area contributed by atoms with Crippen molar-refractivity contribution in [3.63, 3.8) is 0 Å². The molecule has 1 aromatic carbocycles. The summed E-state index contributed by atoms with van der Waals surface area (Å²) in [7, 11) is 0. The van der Waals surface area contributed by atoms with Gasteiger partial charge in [-0.05, 0) is 43.0 Å². The highest BCUT2D eigenvalue weighted by atomic mass is 79.9. The molecule has 0 aliphatic heterocycles. The maximum absolute atomic E-state index is 11.4. The van der Waals surface area contributed by atoms with Crippen molar-refractivity contribution in [1.82, 2.24) is 5.32 Å². The van der Waals surface area contributed by atoms with Crippen LogP contribution < -0.4 is 11.1 Å². The number of carbonyl (C=O) groups is 1. The molecule has 4 heteroatoms. The van der Waals surface area contributed by atoms with Gasteiger partial charge in [0.25, 0.3) is 0 Å². The van der Waals surface area contributed by atoms with Gasteiger partial charge in [-0.25, -0.2) is 0 Å². The number of carbonyl (C=O) groups excluding carboxylic acids is 1. The summed E-state index contributed by atoms with van der Waals surface area (Å²) in [6, 6.07) is 7.76. The molecule has 1 aliphatic carbocycles. The lowest BCUT2D eigenvalue weighted by atomic mass is 9.98. The summed E-state index contributed by atoms with van der Waals surface area (Å²) in [5.41, 5.74) is 6.42. The fourth-order valence-corrected chi connectivity index (χ4v) is 2.10. The third kappa shape index (κ3) is 3.82. The van der Waals surface area contributed by atoms with E-state index in [4.69, 9.17) is 5.73 Å². The monoisotopic (exact) mass is 296 g/mol. The van der Waals surface area contributed by atoms with Crippen molar-refractivity contribution < 1.29 is 4.79 Å². The number of primary amides is 1. The Morgan fingerprint density at radius 3 is 2.59 bits per heavy atom. The third-order valence-electron chi connectivity index (χ3n) is 3.09. The summed E-state index contributed by atoms with van der Waals surface area (Å²) in [5, 5.41) is 3.33. The molecule has 1 fully saturated rings. The number of halogens is 1. The first kappa shape index (κ1) is 12.6. The Morgan fingerprint density at radius 1 is 1.41 bits per heavy atom. The minimum Gasteiger partial charge on any atom is -0.369 e. The van der Waals surface area contributed by atoms with Gasteiger partial charge in [0, 0.05) is 11.0 Å². The topological polar surface area (TPSA) is 55.1 Å². The van der Waals surface area contributed by atoms with E-state index in [0.29, 0.717) is 6.54 Å². The molecule has 0 unspecified atom stereocenters. The van der Waals surface area contributed by atoms with Crippen molar-refractivity contribution in [2.75, 3.05) is 13.1 Å². The zero-order valence-corrected chi connectivity index (χ0v) is 11.2. The van der Waals surface area contributed by atoms with Gasteiger partial charge in [-0.15, -0.1) is 0 Å². The second kappa shape index (κ2) is 5.65. The van der Waals surface area contributed by atoms with Crippen LogP contribution in [-0.4, -0.2) is 19.0 Å². The zero-order chi connectivity index (χ0) is 12.3. The lowest BCUT2D eigenvalue weighted by molar-refractivity contribution is -0.119. The number of nitrogens with two attached hydrogens (primary N) is 1.